The molecule has 2 aromatic carbocycles. The Morgan fingerprint density at radius 3 is 2.74 bits per heavy atom. The number of thioether (sulfide) groups is 1. The van der Waals surface area contributed by atoms with Gasteiger partial charge in [-0.05, 0) is 29.8 Å². The SMILES string of the molecule is COc1cc(N)ccc1SCc1ccc(F)c(Cl)c1. The van der Waals surface area contributed by atoms with Crippen LogP contribution in [0.15, 0.2) is 41.3 Å². The van der Waals surface area contributed by atoms with Crippen LogP contribution in [0, 0.1) is 5.82 Å². The van der Waals surface area contributed by atoms with Crippen molar-refractivity contribution in [1.82, 2.24) is 0 Å². The van der Waals surface area contributed by atoms with Crippen LogP contribution in [0.25, 0.3) is 0 Å². The highest BCUT2D eigenvalue weighted by molar-refractivity contribution is 7.98. The number of hydrogen-bond donors (Lipinski definition) is 1. The van der Waals surface area contributed by atoms with Crippen molar-refractivity contribution in [2.24, 2.45) is 0 Å². The number of hydrogen-bond acceptors (Lipinski definition) is 3. The van der Waals surface area contributed by atoms with Gasteiger partial charge in [-0.2, -0.15) is 0 Å². The van der Waals surface area contributed by atoms with Crippen molar-refractivity contribution in [3.8, 4) is 5.75 Å². The first kappa shape index (κ1) is 14.0. The fourth-order valence-corrected chi connectivity index (χ4v) is 2.75. The lowest BCUT2D eigenvalue weighted by Gasteiger charge is -2.09. The lowest BCUT2D eigenvalue weighted by Crippen LogP contribution is -1.91. The predicted molar refractivity (Wildman–Crippen MR) is 78.4 cm³/mol. The largest absolute Gasteiger partial charge is 0.496 e. The molecule has 2 N–H and O–H groups in total. The Kier molecular flexibility index (Phi) is 4.56. The molecule has 0 saturated heterocycles. The van der Waals surface area contributed by atoms with Gasteiger partial charge in [0.15, 0.2) is 0 Å². The molecule has 0 heterocycles. The maximum absolute atomic E-state index is 13.1. The van der Waals surface area contributed by atoms with Crippen LogP contribution >= 0.6 is 23.4 Å². The molecule has 19 heavy (non-hydrogen) atoms. The average molecular weight is 298 g/mol. The summed E-state index contributed by atoms with van der Waals surface area (Å²) < 4.78 is 18.3. The first-order chi connectivity index (χ1) is 9.10. The third kappa shape index (κ3) is 3.55. The van der Waals surface area contributed by atoms with Gasteiger partial charge in [-0.15, -0.1) is 11.8 Å². The molecule has 0 aliphatic rings. The molecule has 0 aliphatic carbocycles. The van der Waals surface area contributed by atoms with Gasteiger partial charge in [0.2, 0.25) is 0 Å². The standard InChI is InChI=1S/C14H13ClFNOS/c1-18-13-7-10(17)3-5-14(13)19-8-9-2-4-12(16)11(15)6-9/h2-7H,8,17H2,1H3. The molecule has 5 heteroatoms. The van der Waals surface area contributed by atoms with Crippen molar-refractivity contribution in [2.45, 2.75) is 10.6 Å². The van der Waals surface area contributed by atoms with Gasteiger partial charge in [0.1, 0.15) is 11.6 Å². The lowest BCUT2D eigenvalue weighted by molar-refractivity contribution is 0.405. The number of nitrogen functional groups attached to an aromatic ring is 1. The molecular weight excluding hydrogens is 285 g/mol. The molecule has 0 atom stereocenters. The molecule has 0 bridgehead atoms. The number of rotatable bonds is 4. The molecule has 0 fully saturated rings. The summed E-state index contributed by atoms with van der Waals surface area (Å²) >= 11 is 7.34. The van der Waals surface area contributed by atoms with Crippen molar-refractivity contribution >= 4 is 29.1 Å². The third-order valence-corrected chi connectivity index (χ3v) is 3.98. The van der Waals surface area contributed by atoms with Gasteiger partial charge < -0.3 is 10.5 Å². The molecule has 0 saturated carbocycles. The molecule has 0 spiro atoms. The molecule has 0 aromatic heterocycles. The highest BCUT2D eigenvalue weighted by atomic mass is 35.5. The minimum Gasteiger partial charge on any atom is -0.496 e. The Balaban J connectivity index is 2.12. The second kappa shape index (κ2) is 6.17. The van der Waals surface area contributed by atoms with Gasteiger partial charge in [0.05, 0.1) is 12.1 Å². The minimum atomic E-state index is -0.402. The summed E-state index contributed by atoms with van der Waals surface area (Å²) in [6, 6.07) is 10.2. The van der Waals surface area contributed by atoms with Gasteiger partial charge in [-0.25, -0.2) is 4.39 Å². The Labute approximate surface area is 120 Å². The van der Waals surface area contributed by atoms with E-state index in [1.165, 1.54) is 6.07 Å². The summed E-state index contributed by atoms with van der Waals surface area (Å²) in [6.45, 7) is 0. The number of halogens is 2. The molecule has 2 rings (SSSR count). The summed E-state index contributed by atoms with van der Waals surface area (Å²) in [6.07, 6.45) is 0. The third-order valence-electron chi connectivity index (χ3n) is 2.57. The van der Waals surface area contributed by atoms with E-state index < -0.39 is 5.82 Å². The van der Waals surface area contributed by atoms with Crippen LogP contribution in [-0.2, 0) is 5.75 Å². The van der Waals surface area contributed by atoms with Crippen molar-refractivity contribution in [3.05, 3.63) is 52.8 Å². The van der Waals surface area contributed by atoms with Crippen LogP contribution in [-0.4, -0.2) is 7.11 Å². The van der Waals surface area contributed by atoms with Crippen LogP contribution in [0.2, 0.25) is 5.02 Å². The van der Waals surface area contributed by atoms with Crippen molar-refractivity contribution < 1.29 is 9.13 Å². The summed E-state index contributed by atoms with van der Waals surface area (Å²) in [5, 5.41) is 0.141. The molecule has 2 aromatic rings. The van der Waals surface area contributed by atoms with Crippen molar-refractivity contribution in [1.29, 1.82) is 0 Å². The van der Waals surface area contributed by atoms with E-state index in [4.69, 9.17) is 22.1 Å². The quantitative estimate of drug-likeness (QED) is 0.672. The minimum absolute atomic E-state index is 0.141. The van der Waals surface area contributed by atoms with Crippen LogP contribution < -0.4 is 10.5 Å². The second-order valence-electron chi connectivity index (χ2n) is 3.95. The molecule has 0 unspecified atom stereocenters. The second-order valence-corrected chi connectivity index (χ2v) is 5.37. The molecule has 0 radical (unpaired) electrons. The zero-order chi connectivity index (χ0) is 13.8. The topological polar surface area (TPSA) is 35.2 Å². The zero-order valence-corrected chi connectivity index (χ0v) is 11.9. The number of benzene rings is 2. The van der Waals surface area contributed by atoms with E-state index in [1.807, 2.05) is 12.1 Å². The first-order valence-electron chi connectivity index (χ1n) is 5.60. The lowest BCUT2D eigenvalue weighted by atomic mass is 10.2. The van der Waals surface area contributed by atoms with E-state index in [2.05, 4.69) is 0 Å². The van der Waals surface area contributed by atoms with Gasteiger partial charge in [0.25, 0.3) is 0 Å². The van der Waals surface area contributed by atoms with Crippen LogP contribution in [0.1, 0.15) is 5.56 Å². The van der Waals surface area contributed by atoms with Gasteiger partial charge in [-0.3, -0.25) is 0 Å². The Morgan fingerprint density at radius 2 is 2.05 bits per heavy atom. The zero-order valence-electron chi connectivity index (χ0n) is 10.3. The number of nitrogens with two attached hydrogens (primary N) is 1. The fraction of sp³-hybridized carbons (Fsp3) is 0.143. The summed E-state index contributed by atoms with van der Waals surface area (Å²) in [5.74, 6) is 1.01. The molecule has 100 valence electrons. The monoisotopic (exact) mass is 297 g/mol. The first-order valence-corrected chi connectivity index (χ1v) is 6.96. The van der Waals surface area contributed by atoms with E-state index in [0.717, 1.165) is 16.2 Å². The summed E-state index contributed by atoms with van der Waals surface area (Å²) in [4.78, 5) is 0.983. The maximum Gasteiger partial charge on any atom is 0.141 e. The summed E-state index contributed by atoms with van der Waals surface area (Å²) in [5.41, 5.74) is 7.31. The van der Waals surface area contributed by atoms with Gasteiger partial charge >= 0.3 is 0 Å². The summed E-state index contributed by atoms with van der Waals surface area (Å²) in [7, 11) is 1.60. The molecule has 0 aliphatic heterocycles. The van der Waals surface area contributed by atoms with E-state index in [-0.39, 0.29) is 5.02 Å². The van der Waals surface area contributed by atoms with Crippen molar-refractivity contribution in [3.63, 3.8) is 0 Å². The van der Waals surface area contributed by atoms with Crippen LogP contribution in [0.5, 0.6) is 5.75 Å². The Hall–Kier alpha value is -1.39. The Bertz CT molecular complexity index is 592. The van der Waals surface area contributed by atoms with Gasteiger partial charge in [0, 0.05) is 22.4 Å². The highest BCUT2D eigenvalue weighted by Gasteiger charge is 2.06. The normalized spacial score (nSPS) is 10.5. The van der Waals surface area contributed by atoms with E-state index in [0.29, 0.717) is 11.4 Å². The smallest absolute Gasteiger partial charge is 0.141 e. The molecule has 0 amide bonds. The van der Waals surface area contributed by atoms with E-state index in [9.17, 15) is 4.39 Å². The van der Waals surface area contributed by atoms with Crippen LogP contribution in [0.3, 0.4) is 0 Å². The average Bonchev–Trinajstić information content (AvgIpc) is 2.41. The molecular formula is C14H13ClFNOS. The maximum atomic E-state index is 13.1. The van der Waals surface area contributed by atoms with E-state index in [1.54, 1.807) is 37.1 Å². The highest BCUT2D eigenvalue weighted by Crippen LogP contribution is 2.33. The number of methoxy groups -OCH3 is 1. The van der Waals surface area contributed by atoms with Crippen molar-refractivity contribution in [2.75, 3.05) is 12.8 Å². The number of anilines is 1. The van der Waals surface area contributed by atoms with E-state index >= 15 is 0 Å². The molecule has 2 nitrogen and oxygen atoms in total. The fourth-order valence-electron chi connectivity index (χ4n) is 1.59. The van der Waals surface area contributed by atoms with Gasteiger partial charge in [-0.1, -0.05) is 17.7 Å². The van der Waals surface area contributed by atoms with Crippen LogP contribution in [0.4, 0.5) is 10.1 Å². The predicted octanol–water partition coefficient (Wildman–Crippen LogP) is 4.36. The Morgan fingerprint density at radius 1 is 1.26 bits per heavy atom. The number of ether oxygens (including phenoxy) is 1.